The largest absolute Gasteiger partial charge is 0.392 e. The van der Waals surface area contributed by atoms with Crippen molar-refractivity contribution in [2.45, 2.75) is 43.6 Å². The van der Waals surface area contributed by atoms with E-state index in [9.17, 15) is 13.5 Å². The van der Waals surface area contributed by atoms with Gasteiger partial charge in [-0.1, -0.05) is 32.0 Å². The van der Waals surface area contributed by atoms with E-state index in [1.807, 2.05) is 26.0 Å². The fraction of sp³-hybridized carbons (Fsp3) is 0.625. The van der Waals surface area contributed by atoms with Gasteiger partial charge in [0.25, 0.3) is 0 Å². The molecule has 5 heteroatoms. The van der Waals surface area contributed by atoms with Crippen molar-refractivity contribution >= 4 is 9.84 Å². The molecule has 1 heterocycles. The molecule has 0 spiro atoms. The third-order valence-electron chi connectivity index (χ3n) is 5.61. The van der Waals surface area contributed by atoms with Gasteiger partial charge < -0.3 is 10.8 Å². The van der Waals surface area contributed by atoms with E-state index >= 15 is 0 Å². The molecule has 116 valence electrons. The summed E-state index contributed by atoms with van der Waals surface area (Å²) in [5, 5.41) is 10.8. The van der Waals surface area contributed by atoms with E-state index < -0.39 is 21.4 Å². The van der Waals surface area contributed by atoms with Gasteiger partial charge in [0.1, 0.15) is 0 Å². The number of aliphatic hydroxyl groups is 1. The van der Waals surface area contributed by atoms with Crippen LogP contribution in [0.1, 0.15) is 38.2 Å². The maximum atomic E-state index is 12.4. The molecule has 0 aromatic heterocycles. The summed E-state index contributed by atoms with van der Waals surface area (Å²) in [7, 11) is -3.27. The van der Waals surface area contributed by atoms with Crippen LogP contribution in [0.3, 0.4) is 0 Å². The van der Waals surface area contributed by atoms with Gasteiger partial charge in [0.2, 0.25) is 0 Å². The minimum absolute atomic E-state index is 0.0662. The fourth-order valence-corrected chi connectivity index (χ4v) is 6.24. The van der Waals surface area contributed by atoms with Crippen molar-refractivity contribution in [3.05, 3.63) is 29.8 Å². The van der Waals surface area contributed by atoms with Gasteiger partial charge in [0.15, 0.2) is 9.84 Å². The minimum Gasteiger partial charge on any atom is -0.392 e. The number of rotatable bonds is 2. The van der Waals surface area contributed by atoms with Crippen LogP contribution in [0.25, 0.3) is 0 Å². The summed E-state index contributed by atoms with van der Waals surface area (Å²) in [5.74, 6) is -0.142. The van der Waals surface area contributed by atoms with Crippen molar-refractivity contribution in [3.63, 3.8) is 0 Å². The first-order valence-electron chi connectivity index (χ1n) is 7.44. The van der Waals surface area contributed by atoms with E-state index in [-0.39, 0.29) is 17.1 Å². The highest BCUT2D eigenvalue weighted by molar-refractivity contribution is 7.91. The SMILES string of the molecule is CC1(C)CCC(CN)(C2CS(=O)(=O)c3ccccc32)C1O. The van der Waals surface area contributed by atoms with Crippen LogP contribution in [0.15, 0.2) is 29.2 Å². The normalized spacial score (nSPS) is 36.6. The highest BCUT2D eigenvalue weighted by atomic mass is 32.2. The lowest BCUT2D eigenvalue weighted by Crippen LogP contribution is -2.47. The van der Waals surface area contributed by atoms with E-state index in [2.05, 4.69) is 0 Å². The highest BCUT2D eigenvalue weighted by Gasteiger charge is 2.58. The summed E-state index contributed by atoms with van der Waals surface area (Å²) in [6.45, 7) is 4.38. The minimum atomic E-state index is -3.27. The molecule has 1 aromatic carbocycles. The maximum Gasteiger partial charge on any atom is 0.179 e. The number of sulfone groups is 1. The summed E-state index contributed by atoms with van der Waals surface area (Å²) in [6, 6.07) is 7.16. The topological polar surface area (TPSA) is 80.4 Å². The van der Waals surface area contributed by atoms with Gasteiger partial charge in [-0.2, -0.15) is 0 Å². The summed E-state index contributed by atoms with van der Waals surface area (Å²) >= 11 is 0. The summed E-state index contributed by atoms with van der Waals surface area (Å²) in [4.78, 5) is 0.416. The van der Waals surface area contributed by atoms with Crippen LogP contribution < -0.4 is 5.73 Å². The van der Waals surface area contributed by atoms with Gasteiger partial charge in [-0.3, -0.25) is 0 Å². The van der Waals surface area contributed by atoms with Crippen molar-refractivity contribution in [1.82, 2.24) is 0 Å². The Labute approximate surface area is 126 Å². The van der Waals surface area contributed by atoms with Crippen LogP contribution in [-0.4, -0.2) is 31.9 Å². The maximum absolute atomic E-state index is 12.4. The second-order valence-electron chi connectivity index (χ2n) is 7.20. The molecule has 3 unspecified atom stereocenters. The average Bonchev–Trinajstić information content (AvgIpc) is 2.85. The standard InChI is InChI=1S/C16H23NO3S/c1-15(2)7-8-16(10-17,14(15)18)12-9-21(19,20)13-6-4-3-5-11(12)13/h3-6,12,14,18H,7-10,17H2,1-2H3. The molecule has 1 aliphatic heterocycles. The average molecular weight is 309 g/mol. The third-order valence-corrected chi connectivity index (χ3v) is 7.42. The van der Waals surface area contributed by atoms with Gasteiger partial charge in [0, 0.05) is 17.9 Å². The first kappa shape index (κ1) is 15.0. The predicted molar refractivity (Wildman–Crippen MR) is 81.7 cm³/mol. The molecule has 3 atom stereocenters. The molecule has 0 saturated heterocycles. The predicted octanol–water partition coefficient (Wildman–Crippen LogP) is 1.68. The van der Waals surface area contributed by atoms with Crippen molar-refractivity contribution in [1.29, 1.82) is 0 Å². The number of hydrogen-bond acceptors (Lipinski definition) is 4. The summed E-state index contributed by atoms with van der Waals surface area (Å²) in [6.07, 6.45) is 1.05. The van der Waals surface area contributed by atoms with E-state index in [0.717, 1.165) is 18.4 Å². The van der Waals surface area contributed by atoms with Crippen LogP contribution in [0, 0.1) is 10.8 Å². The van der Waals surface area contributed by atoms with Gasteiger partial charge in [-0.05, 0) is 29.9 Å². The number of fused-ring (bicyclic) bond motifs is 1. The Bertz CT molecular complexity index is 668. The zero-order valence-corrected chi connectivity index (χ0v) is 13.4. The van der Waals surface area contributed by atoms with Crippen LogP contribution in [-0.2, 0) is 9.84 Å². The van der Waals surface area contributed by atoms with Gasteiger partial charge in [0.05, 0.1) is 16.8 Å². The van der Waals surface area contributed by atoms with Crippen LogP contribution in [0.2, 0.25) is 0 Å². The Kier molecular flexibility index (Phi) is 3.24. The first-order chi connectivity index (χ1) is 9.74. The molecule has 1 aliphatic carbocycles. The highest BCUT2D eigenvalue weighted by Crippen LogP contribution is 2.58. The molecule has 4 nitrogen and oxygen atoms in total. The van der Waals surface area contributed by atoms with E-state index in [1.165, 1.54) is 0 Å². The molecule has 0 bridgehead atoms. The molecule has 3 rings (SSSR count). The van der Waals surface area contributed by atoms with E-state index in [0.29, 0.717) is 11.4 Å². The van der Waals surface area contributed by atoms with Crippen LogP contribution in [0.4, 0.5) is 0 Å². The summed E-state index contributed by atoms with van der Waals surface area (Å²) in [5.41, 5.74) is 6.12. The Morgan fingerprint density at radius 3 is 2.52 bits per heavy atom. The lowest BCUT2D eigenvalue weighted by molar-refractivity contribution is -0.0157. The first-order valence-corrected chi connectivity index (χ1v) is 9.10. The third kappa shape index (κ3) is 1.98. The molecule has 0 radical (unpaired) electrons. The number of aliphatic hydroxyl groups excluding tert-OH is 1. The van der Waals surface area contributed by atoms with Gasteiger partial charge in [-0.25, -0.2) is 8.42 Å². The van der Waals surface area contributed by atoms with E-state index in [4.69, 9.17) is 5.73 Å². The molecule has 3 N–H and O–H groups in total. The Hall–Kier alpha value is -0.910. The lowest BCUT2D eigenvalue weighted by atomic mass is 9.68. The second-order valence-corrected chi connectivity index (χ2v) is 9.20. The van der Waals surface area contributed by atoms with Gasteiger partial charge in [-0.15, -0.1) is 0 Å². The molecule has 21 heavy (non-hydrogen) atoms. The van der Waals surface area contributed by atoms with Crippen molar-refractivity contribution in [2.24, 2.45) is 16.6 Å². The molecular weight excluding hydrogens is 286 g/mol. The molecule has 1 aromatic rings. The monoisotopic (exact) mass is 309 g/mol. The Morgan fingerprint density at radius 2 is 1.95 bits per heavy atom. The molecular formula is C16H23NO3S. The Balaban J connectivity index is 2.13. The van der Waals surface area contributed by atoms with Gasteiger partial charge >= 0.3 is 0 Å². The molecule has 2 aliphatic rings. The zero-order chi connectivity index (χ0) is 15.5. The quantitative estimate of drug-likeness (QED) is 0.871. The van der Waals surface area contributed by atoms with E-state index in [1.54, 1.807) is 12.1 Å². The van der Waals surface area contributed by atoms with Crippen molar-refractivity contribution in [3.8, 4) is 0 Å². The number of nitrogens with two attached hydrogens (primary N) is 1. The molecule has 0 amide bonds. The van der Waals surface area contributed by atoms with Crippen LogP contribution >= 0.6 is 0 Å². The smallest absolute Gasteiger partial charge is 0.179 e. The van der Waals surface area contributed by atoms with Crippen LogP contribution in [0.5, 0.6) is 0 Å². The number of benzene rings is 1. The number of hydrogen-bond donors (Lipinski definition) is 2. The fourth-order valence-electron chi connectivity index (χ4n) is 4.25. The zero-order valence-electron chi connectivity index (χ0n) is 12.5. The molecule has 1 fully saturated rings. The van der Waals surface area contributed by atoms with Crippen molar-refractivity contribution in [2.75, 3.05) is 12.3 Å². The van der Waals surface area contributed by atoms with Crippen molar-refractivity contribution < 1.29 is 13.5 Å². The second kappa shape index (κ2) is 4.54. The molecule has 1 saturated carbocycles. The lowest BCUT2D eigenvalue weighted by Gasteiger charge is -2.40. The summed E-state index contributed by atoms with van der Waals surface area (Å²) < 4.78 is 24.8. The Morgan fingerprint density at radius 1 is 1.29 bits per heavy atom.